The molecule has 0 saturated carbocycles. The fourth-order valence-electron chi connectivity index (χ4n) is 2.98. The number of hydrogen-bond acceptors (Lipinski definition) is 0. The molecule has 0 fully saturated rings. The van der Waals surface area contributed by atoms with Gasteiger partial charge in [0.05, 0.1) is 10.9 Å². The SMILES string of the molecule is CCn1c2ccccc2c2c(C)[n+](CC)ccc21. The minimum Gasteiger partial charge on any atom is -0.340 e. The Balaban J connectivity index is 2.56. The predicted octanol–water partition coefficient (Wildman–Crippen LogP) is 3.43. The molecule has 2 aromatic heterocycles. The van der Waals surface area contributed by atoms with Crippen LogP contribution in [0.5, 0.6) is 0 Å². The quantitative estimate of drug-likeness (QED) is 0.606. The standard InChI is InChI=1S/C16H19N2/c1-4-17-11-10-15-16(12(17)3)13-8-6-7-9-14(13)18(15)5-2/h6-11H,4-5H2,1-3H3/q+1. The fourth-order valence-corrected chi connectivity index (χ4v) is 2.98. The van der Waals surface area contributed by atoms with E-state index in [0.29, 0.717) is 0 Å². The molecule has 0 radical (unpaired) electrons. The van der Waals surface area contributed by atoms with E-state index < -0.39 is 0 Å². The van der Waals surface area contributed by atoms with Gasteiger partial charge in [-0.1, -0.05) is 18.2 Å². The Kier molecular flexibility index (Phi) is 2.58. The Bertz CT molecular complexity index is 723. The lowest BCUT2D eigenvalue weighted by Crippen LogP contribution is -2.35. The summed E-state index contributed by atoms with van der Waals surface area (Å²) in [6, 6.07) is 10.9. The zero-order valence-corrected chi connectivity index (χ0v) is 11.3. The minimum absolute atomic E-state index is 1.01. The van der Waals surface area contributed by atoms with Crippen molar-refractivity contribution in [1.82, 2.24) is 4.57 Å². The summed E-state index contributed by atoms with van der Waals surface area (Å²) in [5, 5.41) is 2.77. The number of pyridine rings is 1. The van der Waals surface area contributed by atoms with Crippen LogP contribution in [0.25, 0.3) is 21.8 Å². The highest BCUT2D eigenvalue weighted by atomic mass is 15.0. The number of hydrogen-bond donors (Lipinski definition) is 0. The van der Waals surface area contributed by atoms with Gasteiger partial charge in [-0.3, -0.25) is 0 Å². The molecule has 1 aromatic carbocycles. The molecule has 0 N–H and O–H groups in total. The summed E-state index contributed by atoms with van der Waals surface area (Å²) in [4.78, 5) is 0. The van der Waals surface area contributed by atoms with Crippen LogP contribution < -0.4 is 4.57 Å². The van der Waals surface area contributed by atoms with Crippen LogP contribution in [0.1, 0.15) is 19.5 Å². The van der Waals surface area contributed by atoms with E-state index in [-0.39, 0.29) is 0 Å². The molecule has 0 aliphatic carbocycles. The second kappa shape index (κ2) is 4.13. The number of nitrogens with zero attached hydrogens (tertiary/aromatic N) is 2. The van der Waals surface area contributed by atoms with Crippen molar-refractivity contribution in [2.24, 2.45) is 0 Å². The maximum absolute atomic E-state index is 2.40. The molecule has 3 rings (SSSR count). The van der Waals surface area contributed by atoms with E-state index in [1.807, 2.05) is 0 Å². The zero-order chi connectivity index (χ0) is 12.7. The van der Waals surface area contributed by atoms with Gasteiger partial charge < -0.3 is 4.57 Å². The maximum atomic E-state index is 2.40. The van der Waals surface area contributed by atoms with Crippen LogP contribution >= 0.6 is 0 Å². The first-order chi connectivity index (χ1) is 8.77. The Labute approximate surface area is 107 Å². The molecule has 0 atom stereocenters. The Hall–Kier alpha value is -1.83. The first kappa shape index (κ1) is 11.3. The molecular weight excluding hydrogens is 220 g/mol. The summed E-state index contributed by atoms with van der Waals surface area (Å²) in [6.07, 6.45) is 2.20. The Morgan fingerprint density at radius 2 is 1.83 bits per heavy atom. The number of para-hydroxylation sites is 1. The molecule has 0 amide bonds. The topological polar surface area (TPSA) is 8.81 Å². The molecule has 0 spiro atoms. The van der Waals surface area contributed by atoms with E-state index in [9.17, 15) is 0 Å². The van der Waals surface area contributed by atoms with Crippen LogP contribution in [0.2, 0.25) is 0 Å². The van der Waals surface area contributed by atoms with Crippen molar-refractivity contribution >= 4 is 21.8 Å². The predicted molar refractivity (Wildman–Crippen MR) is 75.7 cm³/mol. The van der Waals surface area contributed by atoms with Gasteiger partial charge in [0.25, 0.3) is 0 Å². The number of rotatable bonds is 2. The van der Waals surface area contributed by atoms with Gasteiger partial charge in [0, 0.05) is 30.4 Å². The summed E-state index contributed by atoms with van der Waals surface area (Å²) in [7, 11) is 0. The third-order valence-corrected chi connectivity index (χ3v) is 3.87. The highest BCUT2D eigenvalue weighted by molar-refractivity contribution is 6.08. The summed E-state index contributed by atoms with van der Waals surface area (Å²) in [6.45, 7) is 8.66. The van der Waals surface area contributed by atoms with E-state index in [1.165, 1.54) is 27.5 Å². The van der Waals surface area contributed by atoms with Crippen molar-refractivity contribution in [2.75, 3.05) is 0 Å². The summed E-state index contributed by atoms with van der Waals surface area (Å²) in [5.74, 6) is 0. The van der Waals surface area contributed by atoms with Gasteiger partial charge in [0.2, 0.25) is 0 Å². The molecule has 2 heterocycles. The van der Waals surface area contributed by atoms with Crippen molar-refractivity contribution < 1.29 is 4.57 Å². The third-order valence-electron chi connectivity index (χ3n) is 3.87. The molecule has 0 aliphatic rings. The van der Waals surface area contributed by atoms with Gasteiger partial charge in [-0.2, -0.15) is 0 Å². The molecule has 0 aliphatic heterocycles. The Morgan fingerprint density at radius 3 is 2.56 bits per heavy atom. The van der Waals surface area contributed by atoms with Crippen LogP contribution in [0, 0.1) is 6.92 Å². The Morgan fingerprint density at radius 1 is 1.06 bits per heavy atom. The van der Waals surface area contributed by atoms with Crippen LogP contribution in [0.3, 0.4) is 0 Å². The van der Waals surface area contributed by atoms with Crippen LogP contribution in [-0.2, 0) is 13.1 Å². The molecule has 0 saturated heterocycles. The van der Waals surface area contributed by atoms with Crippen molar-refractivity contribution in [2.45, 2.75) is 33.9 Å². The molecule has 0 bridgehead atoms. The van der Waals surface area contributed by atoms with Crippen molar-refractivity contribution in [3.05, 3.63) is 42.2 Å². The molecule has 92 valence electrons. The van der Waals surface area contributed by atoms with Gasteiger partial charge in [0.1, 0.15) is 6.54 Å². The molecule has 2 nitrogen and oxygen atoms in total. The van der Waals surface area contributed by atoms with E-state index in [0.717, 1.165) is 13.1 Å². The van der Waals surface area contributed by atoms with Gasteiger partial charge >= 0.3 is 0 Å². The molecule has 18 heavy (non-hydrogen) atoms. The molecular formula is C16H19N2+. The minimum atomic E-state index is 1.01. The summed E-state index contributed by atoms with van der Waals surface area (Å²) in [5.41, 5.74) is 4.05. The molecule has 2 heteroatoms. The first-order valence-corrected chi connectivity index (χ1v) is 6.68. The zero-order valence-electron chi connectivity index (χ0n) is 11.3. The average molecular weight is 239 g/mol. The fraction of sp³-hybridized carbons (Fsp3) is 0.312. The normalized spacial score (nSPS) is 11.5. The number of aromatic nitrogens is 2. The van der Waals surface area contributed by atoms with Crippen molar-refractivity contribution in [3.8, 4) is 0 Å². The van der Waals surface area contributed by atoms with E-state index in [4.69, 9.17) is 0 Å². The van der Waals surface area contributed by atoms with Crippen LogP contribution in [-0.4, -0.2) is 4.57 Å². The molecule has 0 unspecified atom stereocenters. The second-order valence-corrected chi connectivity index (χ2v) is 4.71. The third kappa shape index (κ3) is 1.38. The van der Waals surface area contributed by atoms with Crippen molar-refractivity contribution in [3.63, 3.8) is 0 Å². The highest BCUT2D eigenvalue weighted by Gasteiger charge is 2.16. The number of benzene rings is 1. The first-order valence-electron chi connectivity index (χ1n) is 6.68. The highest BCUT2D eigenvalue weighted by Crippen LogP contribution is 2.29. The van der Waals surface area contributed by atoms with Gasteiger partial charge in [-0.15, -0.1) is 0 Å². The van der Waals surface area contributed by atoms with Crippen molar-refractivity contribution in [1.29, 1.82) is 0 Å². The summed E-state index contributed by atoms with van der Waals surface area (Å²) >= 11 is 0. The van der Waals surface area contributed by atoms with Gasteiger partial charge in [-0.25, -0.2) is 4.57 Å². The van der Waals surface area contributed by atoms with E-state index in [2.05, 4.69) is 66.4 Å². The van der Waals surface area contributed by atoms with Crippen LogP contribution in [0.15, 0.2) is 36.5 Å². The lowest BCUT2D eigenvalue weighted by atomic mass is 10.1. The van der Waals surface area contributed by atoms with Crippen LogP contribution in [0.4, 0.5) is 0 Å². The van der Waals surface area contributed by atoms with E-state index in [1.54, 1.807) is 0 Å². The maximum Gasteiger partial charge on any atom is 0.188 e. The second-order valence-electron chi connectivity index (χ2n) is 4.71. The lowest BCUT2D eigenvalue weighted by Gasteiger charge is -2.03. The molecule has 3 aromatic rings. The number of fused-ring (bicyclic) bond motifs is 3. The number of aryl methyl sites for hydroxylation is 3. The summed E-state index contributed by atoms with van der Waals surface area (Å²) < 4.78 is 4.71. The monoisotopic (exact) mass is 239 g/mol. The smallest absolute Gasteiger partial charge is 0.188 e. The average Bonchev–Trinajstić information content (AvgIpc) is 2.73. The van der Waals surface area contributed by atoms with Gasteiger partial charge in [0.15, 0.2) is 11.9 Å². The lowest BCUT2D eigenvalue weighted by molar-refractivity contribution is -0.698. The largest absolute Gasteiger partial charge is 0.340 e. The van der Waals surface area contributed by atoms with Gasteiger partial charge in [-0.05, 0) is 19.9 Å². The van der Waals surface area contributed by atoms with E-state index >= 15 is 0 Å².